The molecule has 0 aromatic rings. The minimum Gasteiger partial charge on any atom is -0.296 e. The molecule has 2 amide bonds. The van der Waals surface area contributed by atoms with E-state index in [0.29, 0.717) is 11.8 Å². The van der Waals surface area contributed by atoms with Crippen molar-refractivity contribution in [3.8, 4) is 0 Å². The van der Waals surface area contributed by atoms with Gasteiger partial charge in [-0.1, -0.05) is 11.1 Å². The Hall–Kier alpha value is -1.12. The second kappa shape index (κ2) is 3.21. The van der Waals surface area contributed by atoms with Crippen LogP contribution in [0.3, 0.4) is 0 Å². The van der Waals surface area contributed by atoms with Gasteiger partial charge in [0.15, 0.2) is 0 Å². The van der Waals surface area contributed by atoms with Crippen LogP contribution in [-0.2, 0) is 9.59 Å². The minimum atomic E-state index is -0.0214. The third-order valence-corrected chi connectivity index (χ3v) is 5.34. The van der Waals surface area contributed by atoms with Crippen molar-refractivity contribution in [2.75, 3.05) is 0 Å². The third kappa shape index (κ3) is 1.12. The minimum absolute atomic E-state index is 0.00958. The fraction of sp³-hybridized carbons (Fsp3) is 0.714. The van der Waals surface area contributed by atoms with Crippen LogP contribution in [-0.4, -0.2) is 11.8 Å². The van der Waals surface area contributed by atoms with E-state index in [-0.39, 0.29) is 23.7 Å². The van der Waals surface area contributed by atoms with Gasteiger partial charge >= 0.3 is 0 Å². The van der Waals surface area contributed by atoms with Gasteiger partial charge in [0.25, 0.3) is 0 Å². The van der Waals surface area contributed by atoms with Crippen molar-refractivity contribution in [1.82, 2.24) is 5.32 Å². The predicted molar refractivity (Wildman–Crippen MR) is 61.8 cm³/mol. The van der Waals surface area contributed by atoms with E-state index in [1.165, 1.54) is 25.7 Å². The third-order valence-electron chi connectivity index (χ3n) is 5.34. The molecule has 4 aliphatic rings. The lowest BCUT2D eigenvalue weighted by Crippen LogP contribution is -2.35. The van der Waals surface area contributed by atoms with E-state index in [2.05, 4.69) is 5.32 Å². The lowest BCUT2D eigenvalue weighted by Gasteiger charge is -2.35. The fourth-order valence-corrected chi connectivity index (χ4v) is 4.81. The number of hydrogen-bond donors (Lipinski definition) is 1. The second-order valence-electron chi connectivity index (χ2n) is 5.95. The average Bonchev–Trinajstić information content (AvgIpc) is 2.96. The molecule has 1 aliphatic heterocycles. The smallest absolute Gasteiger partial charge is 0.231 e. The number of hydrogen-bond acceptors (Lipinski definition) is 2. The summed E-state index contributed by atoms with van der Waals surface area (Å²) in [4.78, 5) is 24.0. The summed E-state index contributed by atoms with van der Waals surface area (Å²) in [6, 6.07) is 0. The predicted octanol–water partition coefficient (Wildman–Crippen LogP) is 1.79. The number of amides is 2. The molecule has 4 rings (SSSR count). The van der Waals surface area contributed by atoms with Crippen molar-refractivity contribution in [3.63, 3.8) is 0 Å². The molecular weight excluding hydrogens is 214 g/mol. The highest BCUT2D eigenvalue weighted by Crippen LogP contribution is 2.56. The average molecular weight is 231 g/mol. The SMILES string of the molecule is O=C1NC(=O)C2C3CCCC3=C3CCCC3C12. The van der Waals surface area contributed by atoms with Crippen LogP contribution in [0.15, 0.2) is 11.1 Å². The van der Waals surface area contributed by atoms with Gasteiger partial charge in [-0.2, -0.15) is 0 Å². The summed E-state index contributed by atoms with van der Waals surface area (Å²) in [6.07, 6.45) is 7.02. The van der Waals surface area contributed by atoms with E-state index < -0.39 is 0 Å². The van der Waals surface area contributed by atoms with E-state index in [1.54, 1.807) is 11.1 Å². The van der Waals surface area contributed by atoms with Crippen molar-refractivity contribution < 1.29 is 9.59 Å². The molecule has 0 radical (unpaired) electrons. The summed E-state index contributed by atoms with van der Waals surface area (Å²) in [5, 5.41) is 2.58. The van der Waals surface area contributed by atoms with Gasteiger partial charge in [-0.3, -0.25) is 14.9 Å². The lowest BCUT2D eigenvalue weighted by molar-refractivity contribution is -0.126. The van der Waals surface area contributed by atoms with Crippen molar-refractivity contribution in [1.29, 1.82) is 0 Å². The highest BCUT2D eigenvalue weighted by Gasteiger charge is 2.55. The van der Waals surface area contributed by atoms with Crippen LogP contribution in [0.25, 0.3) is 0 Å². The number of nitrogens with one attached hydrogen (secondary N) is 1. The zero-order valence-electron chi connectivity index (χ0n) is 9.87. The monoisotopic (exact) mass is 231 g/mol. The maximum Gasteiger partial charge on any atom is 0.231 e. The van der Waals surface area contributed by atoms with Crippen molar-refractivity contribution in [3.05, 3.63) is 11.1 Å². The zero-order valence-corrected chi connectivity index (χ0v) is 9.87. The molecule has 4 atom stereocenters. The molecule has 1 saturated heterocycles. The molecule has 4 unspecified atom stereocenters. The first-order chi connectivity index (χ1) is 8.27. The molecule has 3 nitrogen and oxygen atoms in total. The van der Waals surface area contributed by atoms with Crippen LogP contribution >= 0.6 is 0 Å². The first-order valence-corrected chi connectivity index (χ1v) is 6.84. The van der Waals surface area contributed by atoms with E-state index in [4.69, 9.17) is 0 Å². The maximum atomic E-state index is 12.0. The molecule has 17 heavy (non-hydrogen) atoms. The van der Waals surface area contributed by atoms with E-state index in [9.17, 15) is 9.59 Å². The van der Waals surface area contributed by atoms with Crippen molar-refractivity contribution in [2.45, 2.75) is 38.5 Å². The Morgan fingerprint density at radius 1 is 0.824 bits per heavy atom. The van der Waals surface area contributed by atoms with Crippen LogP contribution in [0.5, 0.6) is 0 Å². The normalized spacial score (nSPS) is 43.5. The van der Waals surface area contributed by atoms with E-state index in [1.807, 2.05) is 0 Å². The van der Waals surface area contributed by atoms with Gasteiger partial charge in [0.1, 0.15) is 0 Å². The summed E-state index contributed by atoms with van der Waals surface area (Å²) in [6.45, 7) is 0. The first kappa shape index (κ1) is 9.86. The maximum absolute atomic E-state index is 12.0. The highest BCUT2D eigenvalue weighted by molar-refractivity contribution is 6.06. The van der Waals surface area contributed by atoms with Crippen LogP contribution in [0.4, 0.5) is 0 Å². The molecule has 0 aromatic heterocycles. The largest absolute Gasteiger partial charge is 0.296 e. The lowest BCUT2D eigenvalue weighted by atomic mass is 9.66. The molecular formula is C14H17NO2. The molecule has 2 saturated carbocycles. The van der Waals surface area contributed by atoms with E-state index in [0.717, 1.165) is 12.8 Å². The fourth-order valence-electron chi connectivity index (χ4n) is 4.81. The summed E-state index contributed by atoms with van der Waals surface area (Å²) in [5.74, 6) is 0.774. The quantitative estimate of drug-likeness (QED) is 0.510. The van der Waals surface area contributed by atoms with Crippen LogP contribution in [0.2, 0.25) is 0 Å². The molecule has 0 spiro atoms. The first-order valence-electron chi connectivity index (χ1n) is 6.84. The molecule has 0 bridgehead atoms. The van der Waals surface area contributed by atoms with Gasteiger partial charge < -0.3 is 0 Å². The number of carbonyl (C=O) groups excluding carboxylic acids is 2. The summed E-state index contributed by atoms with van der Waals surface area (Å²) in [7, 11) is 0. The Balaban J connectivity index is 1.87. The van der Waals surface area contributed by atoms with Gasteiger partial charge in [-0.25, -0.2) is 0 Å². The summed E-state index contributed by atoms with van der Waals surface area (Å²) < 4.78 is 0. The Bertz CT molecular complexity index is 411. The molecule has 3 aliphatic carbocycles. The number of carbonyl (C=O) groups is 2. The van der Waals surface area contributed by atoms with Crippen LogP contribution in [0.1, 0.15) is 38.5 Å². The summed E-state index contributed by atoms with van der Waals surface area (Å²) >= 11 is 0. The zero-order chi connectivity index (χ0) is 11.6. The molecule has 1 N–H and O–H groups in total. The van der Waals surface area contributed by atoms with Crippen molar-refractivity contribution in [2.24, 2.45) is 23.7 Å². The number of fused-ring (bicyclic) bond motifs is 5. The van der Waals surface area contributed by atoms with Gasteiger partial charge in [-0.15, -0.1) is 0 Å². The second-order valence-corrected chi connectivity index (χ2v) is 5.95. The number of imide groups is 1. The molecule has 0 aromatic carbocycles. The van der Waals surface area contributed by atoms with Crippen LogP contribution in [0, 0.1) is 23.7 Å². The molecule has 3 fully saturated rings. The van der Waals surface area contributed by atoms with Gasteiger partial charge in [-0.05, 0) is 50.4 Å². The standard InChI is InChI=1S/C14H17NO2/c16-13-11-9-5-1-3-7(9)8-4-2-6-10(8)12(11)14(17)15-13/h9-12H,1-6H2,(H,15,16,17). The topological polar surface area (TPSA) is 46.2 Å². The highest BCUT2D eigenvalue weighted by atomic mass is 16.2. The Kier molecular flexibility index (Phi) is 1.86. The van der Waals surface area contributed by atoms with Crippen LogP contribution < -0.4 is 5.32 Å². The van der Waals surface area contributed by atoms with Gasteiger partial charge in [0.05, 0.1) is 11.8 Å². The van der Waals surface area contributed by atoms with Crippen molar-refractivity contribution >= 4 is 11.8 Å². The summed E-state index contributed by atoms with van der Waals surface area (Å²) in [5.41, 5.74) is 3.14. The molecule has 3 heteroatoms. The molecule has 1 heterocycles. The van der Waals surface area contributed by atoms with E-state index >= 15 is 0 Å². The Labute approximate surface area is 101 Å². The Morgan fingerprint density at radius 2 is 1.29 bits per heavy atom. The number of allylic oxidation sites excluding steroid dienone is 2. The Morgan fingerprint density at radius 3 is 1.76 bits per heavy atom. The van der Waals surface area contributed by atoms with Gasteiger partial charge in [0.2, 0.25) is 11.8 Å². The number of rotatable bonds is 0. The van der Waals surface area contributed by atoms with Gasteiger partial charge in [0, 0.05) is 0 Å². The molecule has 90 valence electrons.